The van der Waals surface area contributed by atoms with Crippen LogP contribution in [0.5, 0.6) is 0 Å². The maximum Gasteiger partial charge on any atom is 0.283 e. The number of hydrogen-bond donors (Lipinski definition) is 2. The number of thiocarbonyl (C=S) groups is 1. The molecule has 12 heavy (non-hydrogen) atoms. The molecule has 1 heterocycles. The topological polar surface area (TPSA) is 46.3 Å². The van der Waals surface area contributed by atoms with E-state index >= 15 is 0 Å². The summed E-state index contributed by atoms with van der Waals surface area (Å²) in [7, 11) is 0. The molecule has 0 atom stereocenters. The van der Waals surface area contributed by atoms with Gasteiger partial charge >= 0.3 is 0 Å². The average molecular weight is 218 g/mol. The lowest BCUT2D eigenvalue weighted by molar-refractivity contribution is 0.0857. The highest BCUT2D eigenvalue weighted by molar-refractivity contribution is 8.11. The Balaban J connectivity index is 2.79. The number of hydrogen-bond acceptors (Lipinski definition) is 4. The molecule has 0 fully saturated rings. The van der Waals surface area contributed by atoms with Crippen molar-refractivity contribution in [2.45, 2.75) is 0 Å². The lowest BCUT2D eigenvalue weighted by Gasteiger charge is -2.11. The van der Waals surface area contributed by atoms with Crippen LogP contribution in [0.4, 0.5) is 0 Å². The van der Waals surface area contributed by atoms with Crippen molar-refractivity contribution in [1.82, 2.24) is 5.01 Å². The molecule has 1 aromatic rings. The number of thiophene rings is 1. The first-order valence-corrected chi connectivity index (χ1v) is 4.72. The van der Waals surface area contributed by atoms with Crippen LogP contribution in [0, 0.1) is 0 Å². The van der Waals surface area contributed by atoms with Crippen molar-refractivity contribution in [3.63, 3.8) is 0 Å². The van der Waals surface area contributed by atoms with Gasteiger partial charge < -0.3 is 0 Å². The Morgan fingerprint density at radius 1 is 1.75 bits per heavy atom. The van der Waals surface area contributed by atoms with Crippen molar-refractivity contribution in [1.29, 1.82) is 0 Å². The van der Waals surface area contributed by atoms with E-state index in [2.05, 4.69) is 24.8 Å². The average Bonchev–Trinajstić information content (AvgIpc) is 2.53. The third-order valence-corrected chi connectivity index (χ3v) is 2.43. The van der Waals surface area contributed by atoms with Crippen molar-refractivity contribution in [2.24, 2.45) is 5.84 Å². The molecule has 0 saturated carbocycles. The quantitative estimate of drug-likeness (QED) is 0.245. The molecular weight excluding hydrogens is 212 g/mol. The van der Waals surface area contributed by atoms with Gasteiger partial charge in [-0.3, -0.25) is 4.79 Å². The van der Waals surface area contributed by atoms with Crippen molar-refractivity contribution in [3.8, 4) is 0 Å². The van der Waals surface area contributed by atoms with E-state index in [1.54, 1.807) is 17.5 Å². The lowest BCUT2D eigenvalue weighted by atomic mass is 10.4. The van der Waals surface area contributed by atoms with Gasteiger partial charge in [0.1, 0.15) is 0 Å². The first-order valence-electron chi connectivity index (χ1n) is 2.98. The molecule has 3 nitrogen and oxygen atoms in total. The van der Waals surface area contributed by atoms with Gasteiger partial charge in [-0.05, 0) is 11.4 Å². The predicted octanol–water partition coefficient (Wildman–Crippen LogP) is 1.28. The number of rotatable bonds is 1. The highest BCUT2D eigenvalue weighted by Gasteiger charge is 2.14. The normalized spacial score (nSPS) is 9.50. The summed E-state index contributed by atoms with van der Waals surface area (Å²) in [6.45, 7) is 0. The molecule has 0 spiro atoms. The molecule has 1 rings (SSSR count). The van der Waals surface area contributed by atoms with Gasteiger partial charge in [0.05, 0.1) is 4.88 Å². The molecule has 1 aromatic heterocycles. The molecule has 1 amide bonds. The molecule has 0 aliphatic rings. The van der Waals surface area contributed by atoms with Gasteiger partial charge in [-0.1, -0.05) is 18.3 Å². The van der Waals surface area contributed by atoms with E-state index in [-0.39, 0.29) is 10.2 Å². The minimum atomic E-state index is -0.329. The minimum Gasteiger partial charge on any atom is -0.266 e. The second kappa shape index (κ2) is 3.99. The molecule has 0 bridgehead atoms. The molecule has 0 unspecified atom stereocenters. The Kier molecular flexibility index (Phi) is 3.21. The second-order valence-electron chi connectivity index (χ2n) is 1.94. The number of thiol groups is 1. The van der Waals surface area contributed by atoms with E-state index in [1.807, 2.05) is 0 Å². The molecule has 0 saturated heterocycles. The first-order chi connectivity index (χ1) is 5.63. The van der Waals surface area contributed by atoms with Crippen molar-refractivity contribution in [3.05, 3.63) is 22.4 Å². The van der Waals surface area contributed by atoms with Crippen LogP contribution in [-0.4, -0.2) is 15.2 Å². The molecule has 0 aliphatic carbocycles. The predicted molar refractivity (Wildman–Crippen MR) is 56.3 cm³/mol. The smallest absolute Gasteiger partial charge is 0.266 e. The van der Waals surface area contributed by atoms with E-state index in [4.69, 9.17) is 5.84 Å². The number of amides is 1. The number of carbonyl (C=O) groups is 1. The van der Waals surface area contributed by atoms with Gasteiger partial charge in [0, 0.05) is 0 Å². The van der Waals surface area contributed by atoms with Gasteiger partial charge in [-0.25, -0.2) is 10.9 Å². The Morgan fingerprint density at radius 2 is 2.42 bits per heavy atom. The van der Waals surface area contributed by atoms with Crippen LogP contribution in [0.25, 0.3) is 0 Å². The van der Waals surface area contributed by atoms with E-state index in [9.17, 15) is 4.79 Å². The summed E-state index contributed by atoms with van der Waals surface area (Å²) in [5.41, 5.74) is 0. The highest BCUT2D eigenvalue weighted by Crippen LogP contribution is 2.10. The molecule has 64 valence electrons. The summed E-state index contributed by atoms with van der Waals surface area (Å²) in [5.74, 6) is 5.00. The largest absolute Gasteiger partial charge is 0.283 e. The first kappa shape index (κ1) is 9.66. The lowest BCUT2D eigenvalue weighted by Crippen LogP contribution is -2.38. The molecule has 0 aliphatic heterocycles. The van der Waals surface area contributed by atoms with Crippen molar-refractivity contribution >= 4 is 46.4 Å². The zero-order valence-electron chi connectivity index (χ0n) is 5.93. The standard InChI is InChI=1S/C6H6N2OS3/c7-8(6(10)11)5(9)4-2-1-3-12-4/h1-3H,7H2,(H,10,11). The SMILES string of the molecule is NN(C(=O)c1cccs1)C(=S)S. The van der Waals surface area contributed by atoms with Gasteiger partial charge in [0.25, 0.3) is 5.91 Å². The highest BCUT2D eigenvalue weighted by atomic mass is 32.1. The summed E-state index contributed by atoms with van der Waals surface area (Å²) in [5, 5.41) is 2.63. The van der Waals surface area contributed by atoms with Crippen LogP contribution < -0.4 is 5.84 Å². The fourth-order valence-electron chi connectivity index (χ4n) is 0.606. The molecule has 6 heteroatoms. The third kappa shape index (κ3) is 2.04. The molecule has 0 aromatic carbocycles. The Bertz CT molecular complexity index is 296. The maximum absolute atomic E-state index is 11.3. The van der Waals surface area contributed by atoms with Crippen LogP contribution in [-0.2, 0) is 0 Å². The van der Waals surface area contributed by atoms with Crippen LogP contribution in [0.3, 0.4) is 0 Å². The van der Waals surface area contributed by atoms with Crippen molar-refractivity contribution in [2.75, 3.05) is 0 Å². The van der Waals surface area contributed by atoms with Crippen molar-refractivity contribution < 1.29 is 4.79 Å². The zero-order valence-corrected chi connectivity index (χ0v) is 8.46. The van der Waals surface area contributed by atoms with E-state index < -0.39 is 0 Å². The van der Waals surface area contributed by atoms with Crippen LogP contribution in [0.15, 0.2) is 17.5 Å². The van der Waals surface area contributed by atoms with Crippen LogP contribution in [0.1, 0.15) is 9.67 Å². The second-order valence-corrected chi connectivity index (χ2v) is 4.00. The van der Waals surface area contributed by atoms with E-state index in [0.29, 0.717) is 4.88 Å². The zero-order chi connectivity index (χ0) is 9.14. The maximum atomic E-state index is 11.3. The van der Waals surface area contributed by atoms with Crippen LogP contribution in [0.2, 0.25) is 0 Å². The van der Waals surface area contributed by atoms with E-state index in [0.717, 1.165) is 5.01 Å². The summed E-state index contributed by atoms with van der Waals surface area (Å²) in [6.07, 6.45) is 0. The van der Waals surface area contributed by atoms with Gasteiger partial charge in [0.2, 0.25) is 0 Å². The van der Waals surface area contributed by atoms with E-state index in [1.165, 1.54) is 11.3 Å². The molecule has 2 N–H and O–H groups in total. The number of hydrazine groups is 1. The number of nitrogens with two attached hydrogens (primary N) is 1. The van der Waals surface area contributed by atoms with Crippen LogP contribution >= 0.6 is 36.2 Å². The Morgan fingerprint density at radius 3 is 2.83 bits per heavy atom. The number of carbonyl (C=O) groups excluding carboxylic acids is 1. The number of nitrogens with zero attached hydrogens (tertiary/aromatic N) is 1. The van der Waals surface area contributed by atoms with Gasteiger partial charge in [-0.2, -0.15) is 0 Å². The fraction of sp³-hybridized carbons (Fsp3) is 0. The summed E-state index contributed by atoms with van der Waals surface area (Å²) in [6, 6.07) is 3.45. The third-order valence-electron chi connectivity index (χ3n) is 1.16. The summed E-state index contributed by atoms with van der Waals surface area (Å²) < 4.78 is 0.0633. The molecular formula is C6H6N2OS3. The fourth-order valence-corrected chi connectivity index (χ4v) is 1.44. The summed E-state index contributed by atoms with van der Waals surface area (Å²) >= 11 is 9.71. The monoisotopic (exact) mass is 218 g/mol. The van der Waals surface area contributed by atoms with Gasteiger partial charge in [0.15, 0.2) is 4.32 Å². The Hall–Kier alpha value is -0.430. The summed E-state index contributed by atoms with van der Waals surface area (Å²) in [4.78, 5) is 11.9. The molecule has 0 radical (unpaired) electrons. The Labute approximate surface area is 84.5 Å². The minimum absolute atomic E-state index is 0.0633. The van der Waals surface area contributed by atoms with Gasteiger partial charge in [-0.15, -0.1) is 24.0 Å².